The molecule has 3 heteroatoms. The number of carbonyl (C=O) groups excluding carboxylic acids is 1. The van der Waals surface area contributed by atoms with Crippen LogP contribution in [0.3, 0.4) is 0 Å². The highest BCUT2D eigenvalue weighted by molar-refractivity contribution is 5.97. The number of benzene rings is 2. The summed E-state index contributed by atoms with van der Waals surface area (Å²) in [5.74, 6) is 0.492. The van der Waals surface area contributed by atoms with E-state index in [0.29, 0.717) is 11.3 Å². The van der Waals surface area contributed by atoms with Crippen LogP contribution < -0.4 is 10.1 Å². The number of hydrogen-bond donors (Lipinski definition) is 1. The summed E-state index contributed by atoms with van der Waals surface area (Å²) in [6.45, 7) is 2.02. The minimum atomic E-state index is -0.106. The number of aryl methyl sites for hydroxylation is 2. The molecule has 0 heterocycles. The van der Waals surface area contributed by atoms with E-state index in [-0.39, 0.29) is 11.9 Å². The number of amides is 1. The summed E-state index contributed by atoms with van der Waals surface area (Å²) in [7, 11) is 1.58. The van der Waals surface area contributed by atoms with Crippen LogP contribution in [-0.2, 0) is 12.8 Å². The number of carbonyl (C=O) groups is 1. The molecule has 0 radical (unpaired) electrons. The minimum absolute atomic E-state index is 0.0247. The van der Waals surface area contributed by atoms with Crippen LogP contribution in [0.2, 0.25) is 0 Å². The average Bonchev–Trinajstić information content (AvgIpc) is 3.02. The Balaban J connectivity index is 1.76. The van der Waals surface area contributed by atoms with Crippen molar-refractivity contribution in [1.29, 1.82) is 0 Å². The van der Waals surface area contributed by atoms with Gasteiger partial charge in [-0.1, -0.05) is 30.3 Å². The van der Waals surface area contributed by atoms with E-state index in [1.807, 2.05) is 19.1 Å². The number of nitrogens with one attached hydrogen (secondary N) is 1. The molecule has 1 aliphatic carbocycles. The Morgan fingerprint density at radius 1 is 1.14 bits per heavy atom. The fourth-order valence-electron chi connectivity index (χ4n) is 3.05. The van der Waals surface area contributed by atoms with Crippen molar-refractivity contribution in [2.75, 3.05) is 7.11 Å². The molecule has 2 aromatic carbocycles. The van der Waals surface area contributed by atoms with Crippen molar-refractivity contribution in [1.82, 2.24) is 5.32 Å². The second-order valence-electron chi connectivity index (χ2n) is 5.78. The Morgan fingerprint density at radius 3 is 2.73 bits per heavy atom. The lowest BCUT2D eigenvalue weighted by atomic mass is 10.0. The zero-order valence-corrected chi connectivity index (χ0v) is 13.1. The molecule has 2 aromatic rings. The predicted octanol–water partition coefficient (Wildman–Crippen LogP) is 3.67. The molecule has 0 aliphatic heterocycles. The van der Waals surface area contributed by atoms with Crippen molar-refractivity contribution >= 4 is 5.91 Å². The van der Waals surface area contributed by atoms with Crippen molar-refractivity contribution in [3.63, 3.8) is 0 Å². The lowest BCUT2D eigenvalue weighted by molar-refractivity contribution is 0.0937. The topological polar surface area (TPSA) is 38.3 Å². The van der Waals surface area contributed by atoms with E-state index >= 15 is 0 Å². The highest BCUT2D eigenvalue weighted by atomic mass is 16.5. The first-order chi connectivity index (χ1) is 10.7. The van der Waals surface area contributed by atoms with Crippen LogP contribution in [0.1, 0.15) is 46.4 Å². The van der Waals surface area contributed by atoms with Gasteiger partial charge < -0.3 is 10.1 Å². The molecule has 0 fully saturated rings. The van der Waals surface area contributed by atoms with Gasteiger partial charge in [-0.25, -0.2) is 0 Å². The van der Waals surface area contributed by atoms with Crippen LogP contribution in [0.25, 0.3) is 0 Å². The van der Waals surface area contributed by atoms with Gasteiger partial charge in [0.05, 0.1) is 18.7 Å². The zero-order chi connectivity index (χ0) is 15.5. The van der Waals surface area contributed by atoms with E-state index in [1.54, 1.807) is 19.2 Å². The Kier molecular flexibility index (Phi) is 4.14. The van der Waals surface area contributed by atoms with Crippen LogP contribution in [0.5, 0.6) is 5.75 Å². The third-order valence-electron chi connectivity index (χ3n) is 4.32. The maximum atomic E-state index is 12.5. The second kappa shape index (κ2) is 6.22. The third-order valence-corrected chi connectivity index (χ3v) is 4.32. The Hall–Kier alpha value is -2.29. The van der Waals surface area contributed by atoms with Gasteiger partial charge >= 0.3 is 0 Å². The minimum Gasteiger partial charge on any atom is -0.496 e. The van der Waals surface area contributed by atoms with Gasteiger partial charge in [0.25, 0.3) is 5.91 Å². The van der Waals surface area contributed by atoms with Gasteiger partial charge in [0, 0.05) is 0 Å². The van der Waals surface area contributed by atoms with Crippen LogP contribution in [0, 0.1) is 0 Å². The summed E-state index contributed by atoms with van der Waals surface area (Å²) < 4.78 is 5.25. The molecule has 0 aromatic heterocycles. The van der Waals surface area contributed by atoms with Crippen molar-refractivity contribution in [2.24, 2.45) is 0 Å². The van der Waals surface area contributed by atoms with Crippen molar-refractivity contribution in [2.45, 2.75) is 32.2 Å². The number of methoxy groups -OCH3 is 1. The smallest absolute Gasteiger partial charge is 0.255 e. The van der Waals surface area contributed by atoms with Crippen LogP contribution >= 0.6 is 0 Å². The highest BCUT2D eigenvalue weighted by Gasteiger charge is 2.17. The number of rotatable bonds is 4. The van der Waals surface area contributed by atoms with Crippen LogP contribution in [0.4, 0.5) is 0 Å². The number of hydrogen-bond acceptors (Lipinski definition) is 2. The molecule has 1 atom stereocenters. The molecule has 0 unspecified atom stereocenters. The molecule has 0 bridgehead atoms. The van der Waals surface area contributed by atoms with Gasteiger partial charge in [-0.2, -0.15) is 0 Å². The van der Waals surface area contributed by atoms with Gasteiger partial charge in [0.2, 0.25) is 0 Å². The molecule has 0 spiro atoms. The molecule has 114 valence electrons. The lowest BCUT2D eigenvalue weighted by Crippen LogP contribution is -2.27. The van der Waals surface area contributed by atoms with E-state index in [0.717, 1.165) is 12.0 Å². The number of fused-ring (bicyclic) bond motifs is 1. The monoisotopic (exact) mass is 295 g/mol. The Bertz CT molecular complexity index is 694. The van der Waals surface area contributed by atoms with Gasteiger partial charge in [-0.15, -0.1) is 0 Å². The SMILES string of the molecule is COc1ccccc1C(=O)N[C@H](C)c1ccc2c(c1)CCC2. The average molecular weight is 295 g/mol. The fraction of sp³-hybridized carbons (Fsp3) is 0.316. The molecule has 3 nitrogen and oxygen atoms in total. The molecule has 1 aliphatic rings. The molecule has 3 rings (SSSR count). The largest absolute Gasteiger partial charge is 0.496 e. The number of ether oxygens (including phenoxy) is 1. The molecule has 0 saturated heterocycles. The maximum Gasteiger partial charge on any atom is 0.255 e. The summed E-state index contributed by atoms with van der Waals surface area (Å²) in [5.41, 5.74) is 4.60. The van der Waals surface area contributed by atoms with Crippen LogP contribution in [0.15, 0.2) is 42.5 Å². The quantitative estimate of drug-likeness (QED) is 0.934. The van der Waals surface area contributed by atoms with Gasteiger partial charge in [-0.05, 0) is 55.0 Å². The lowest BCUT2D eigenvalue weighted by Gasteiger charge is -2.16. The molecular formula is C19H21NO2. The summed E-state index contributed by atoms with van der Waals surface area (Å²) in [6, 6.07) is 13.8. The van der Waals surface area contributed by atoms with Crippen molar-refractivity contribution < 1.29 is 9.53 Å². The normalized spacial score (nSPS) is 14.3. The second-order valence-corrected chi connectivity index (χ2v) is 5.78. The third kappa shape index (κ3) is 2.84. The van der Waals surface area contributed by atoms with E-state index in [4.69, 9.17) is 4.74 Å². The predicted molar refractivity (Wildman–Crippen MR) is 87.3 cm³/mol. The summed E-state index contributed by atoms with van der Waals surface area (Å²) in [4.78, 5) is 12.5. The van der Waals surface area contributed by atoms with Gasteiger partial charge in [-0.3, -0.25) is 4.79 Å². The summed E-state index contributed by atoms with van der Waals surface area (Å²) in [5, 5.41) is 3.06. The molecular weight excluding hydrogens is 274 g/mol. The molecule has 1 N–H and O–H groups in total. The number of para-hydroxylation sites is 1. The highest BCUT2D eigenvalue weighted by Crippen LogP contribution is 2.26. The van der Waals surface area contributed by atoms with Gasteiger partial charge in [0.15, 0.2) is 0 Å². The maximum absolute atomic E-state index is 12.5. The Labute approximate surface area is 131 Å². The summed E-state index contributed by atoms with van der Waals surface area (Å²) in [6.07, 6.45) is 3.56. The standard InChI is InChI=1S/C19H21NO2/c1-13(15-11-10-14-6-5-7-16(14)12-15)20-19(21)17-8-3-4-9-18(17)22-2/h3-4,8-13H,5-7H2,1-2H3,(H,20,21)/t13-/m1/s1. The first kappa shape index (κ1) is 14.6. The molecule has 1 amide bonds. The fourth-order valence-corrected chi connectivity index (χ4v) is 3.05. The zero-order valence-electron chi connectivity index (χ0n) is 13.1. The van der Waals surface area contributed by atoms with Crippen LogP contribution in [-0.4, -0.2) is 13.0 Å². The van der Waals surface area contributed by atoms with E-state index in [2.05, 4.69) is 23.5 Å². The van der Waals surface area contributed by atoms with E-state index < -0.39 is 0 Å². The molecule has 0 saturated carbocycles. The first-order valence-electron chi connectivity index (χ1n) is 7.74. The molecule has 22 heavy (non-hydrogen) atoms. The van der Waals surface area contributed by atoms with E-state index in [9.17, 15) is 4.79 Å². The van der Waals surface area contributed by atoms with Crippen molar-refractivity contribution in [3.8, 4) is 5.75 Å². The van der Waals surface area contributed by atoms with Gasteiger partial charge in [0.1, 0.15) is 5.75 Å². The van der Waals surface area contributed by atoms with Crippen molar-refractivity contribution in [3.05, 3.63) is 64.7 Å². The van der Waals surface area contributed by atoms with E-state index in [1.165, 1.54) is 24.0 Å². The summed E-state index contributed by atoms with van der Waals surface area (Å²) >= 11 is 0. The first-order valence-corrected chi connectivity index (χ1v) is 7.74. The Morgan fingerprint density at radius 2 is 1.91 bits per heavy atom.